The van der Waals surface area contributed by atoms with E-state index in [0.29, 0.717) is 22.7 Å². The molecule has 2 N–H and O–H groups in total. The Morgan fingerprint density at radius 1 is 1.14 bits per heavy atom. The zero-order valence-corrected chi connectivity index (χ0v) is 16.9. The largest absolute Gasteiger partial charge is 0.493 e. The minimum atomic E-state index is -0.206. The number of hydrogen-bond donors (Lipinski definition) is 1. The molecule has 28 heavy (non-hydrogen) atoms. The lowest BCUT2D eigenvalue weighted by molar-refractivity contribution is 0.0800. The van der Waals surface area contributed by atoms with E-state index in [9.17, 15) is 4.79 Å². The van der Waals surface area contributed by atoms with Crippen molar-refractivity contribution in [3.05, 3.63) is 53.6 Å². The van der Waals surface area contributed by atoms with Gasteiger partial charge in [0.2, 0.25) is 0 Å². The molecule has 0 heterocycles. The molecule has 0 unspecified atom stereocenters. The first-order valence-electron chi connectivity index (χ1n) is 9.09. The number of methoxy groups -OCH3 is 1. The van der Waals surface area contributed by atoms with Gasteiger partial charge in [-0.2, -0.15) is 5.10 Å². The molecule has 7 heteroatoms. The van der Waals surface area contributed by atoms with Crippen LogP contribution in [0.15, 0.2) is 47.6 Å². The van der Waals surface area contributed by atoms with Gasteiger partial charge in [-0.1, -0.05) is 0 Å². The highest BCUT2D eigenvalue weighted by molar-refractivity contribution is 5.95. The number of nitrogen functional groups attached to an aromatic ring is 1. The highest BCUT2D eigenvalue weighted by Gasteiger charge is 2.18. The second kappa shape index (κ2) is 9.99. The molecular weight excluding hydrogens is 378 g/mol. The summed E-state index contributed by atoms with van der Waals surface area (Å²) in [6.45, 7) is 0. The number of nitrogens with zero attached hydrogens (tertiary/aromatic N) is 2. The molecule has 1 saturated carbocycles. The summed E-state index contributed by atoms with van der Waals surface area (Å²) in [5.41, 5.74) is 7.64. The number of anilines is 1. The Bertz CT molecular complexity index is 818. The molecule has 150 valence electrons. The zero-order chi connectivity index (χ0) is 19.2. The van der Waals surface area contributed by atoms with Gasteiger partial charge in [-0.25, -0.2) is 5.01 Å². The summed E-state index contributed by atoms with van der Waals surface area (Å²) in [6.07, 6.45) is 6.41. The van der Waals surface area contributed by atoms with Gasteiger partial charge in [0.15, 0.2) is 11.5 Å². The molecule has 1 aliphatic rings. The number of ether oxygens (including phenoxy) is 2. The Morgan fingerprint density at radius 2 is 1.82 bits per heavy atom. The van der Waals surface area contributed by atoms with Crippen molar-refractivity contribution in [2.45, 2.75) is 31.8 Å². The molecule has 0 aromatic heterocycles. The maximum Gasteiger partial charge on any atom is 0.273 e. The average molecular weight is 404 g/mol. The summed E-state index contributed by atoms with van der Waals surface area (Å²) in [4.78, 5) is 12.4. The monoisotopic (exact) mass is 403 g/mol. The van der Waals surface area contributed by atoms with Crippen molar-refractivity contribution in [1.29, 1.82) is 0 Å². The molecule has 1 amide bonds. The summed E-state index contributed by atoms with van der Waals surface area (Å²) >= 11 is 0. The van der Waals surface area contributed by atoms with Gasteiger partial charge in [0.25, 0.3) is 5.91 Å². The normalized spacial score (nSPS) is 13.9. The van der Waals surface area contributed by atoms with Crippen LogP contribution in [0.25, 0.3) is 0 Å². The number of nitrogens with two attached hydrogens (primary N) is 1. The standard InChI is InChI=1S/C21H25N3O3.ClH/c1-24(21(25)16-8-10-17(22)11-9-16)23-14-15-7-12-19(26-2)20(13-15)27-18-5-3-4-6-18;/h7-14,18H,3-6,22H2,1-2H3;1H. The quantitative estimate of drug-likeness (QED) is 0.447. The SMILES string of the molecule is COc1ccc(C=NN(C)C(=O)c2ccc(N)cc2)cc1OC1CCCC1.Cl. The lowest BCUT2D eigenvalue weighted by Gasteiger charge is -2.16. The minimum absolute atomic E-state index is 0. The molecule has 0 atom stereocenters. The molecule has 0 bridgehead atoms. The predicted octanol–water partition coefficient (Wildman–Crippen LogP) is 4.13. The van der Waals surface area contributed by atoms with Gasteiger partial charge in [-0.05, 0) is 73.7 Å². The molecule has 2 aromatic carbocycles. The Balaban J connectivity index is 0.00000280. The topological polar surface area (TPSA) is 77.2 Å². The van der Waals surface area contributed by atoms with Crippen molar-refractivity contribution in [2.75, 3.05) is 19.9 Å². The number of benzene rings is 2. The summed E-state index contributed by atoms with van der Waals surface area (Å²) < 4.78 is 11.5. The summed E-state index contributed by atoms with van der Waals surface area (Å²) in [6, 6.07) is 12.4. The number of amides is 1. The van der Waals surface area contributed by atoms with E-state index >= 15 is 0 Å². The number of hydrazone groups is 1. The van der Waals surface area contributed by atoms with Crippen LogP contribution in [0.1, 0.15) is 41.6 Å². The van der Waals surface area contributed by atoms with E-state index in [1.54, 1.807) is 44.6 Å². The Kier molecular flexibility index (Phi) is 7.70. The van der Waals surface area contributed by atoms with Gasteiger partial charge >= 0.3 is 0 Å². The number of carbonyl (C=O) groups is 1. The maximum absolute atomic E-state index is 12.4. The van der Waals surface area contributed by atoms with Gasteiger partial charge in [-0.3, -0.25) is 4.79 Å². The molecular formula is C21H26ClN3O3. The van der Waals surface area contributed by atoms with Crippen LogP contribution in [0.4, 0.5) is 5.69 Å². The highest BCUT2D eigenvalue weighted by Crippen LogP contribution is 2.32. The van der Waals surface area contributed by atoms with Crippen LogP contribution in [0.2, 0.25) is 0 Å². The van der Waals surface area contributed by atoms with E-state index in [1.165, 1.54) is 17.9 Å². The van der Waals surface area contributed by atoms with Crippen LogP contribution in [0.5, 0.6) is 11.5 Å². The second-order valence-corrected chi connectivity index (χ2v) is 6.63. The lowest BCUT2D eigenvalue weighted by Crippen LogP contribution is -2.21. The van der Waals surface area contributed by atoms with Gasteiger partial charge < -0.3 is 15.2 Å². The van der Waals surface area contributed by atoms with Crippen molar-refractivity contribution in [2.24, 2.45) is 5.10 Å². The number of rotatable bonds is 6. The predicted molar refractivity (Wildman–Crippen MR) is 114 cm³/mol. The Labute approximate surface area is 171 Å². The fourth-order valence-corrected chi connectivity index (χ4v) is 3.07. The fraction of sp³-hybridized carbons (Fsp3) is 0.333. The first-order chi connectivity index (χ1) is 13.1. The van der Waals surface area contributed by atoms with Crippen LogP contribution in [-0.2, 0) is 0 Å². The van der Waals surface area contributed by atoms with Crippen molar-refractivity contribution >= 4 is 30.2 Å². The van der Waals surface area contributed by atoms with E-state index in [2.05, 4.69) is 5.10 Å². The summed E-state index contributed by atoms with van der Waals surface area (Å²) in [5, 5.41) is 5.55. The van der Waals surface area contributed by atoms with E-state index in [-0.39, 0.29) is 24.4 Å². The molecule has 0 radical (unpaired) electrons. The maximum atomic E-state index is 12.4. The van der Waals surface area contributed by atoms with Crippen molar-refractivity contribution in [3.63, 3.8) is 0 Å². The molecule has 1 aliphatic carbocycles. The first-order valence-corrected chi connectivity index (χ1v) is 9.09. The van der Waals surface area contributed by atoms with Gasteiger partial charge in [0.1, 0.15) is 0 Å². The molecule has 0 aliphatic heterocycles. The third kappa shape index (κ3) is 5.39. The fourth-order valence-electron chi connectivity index (χ4n) is 3.07. The van der Waals surface area contributed by atoms with Crippen LogP contribution in [0.3, 0.4) is 0 Å². The van der Waals surface area contributed by atoms with Crippen LogP contribution in [0, 0.1) is 0 Å². The van der Waals surface area contributed by atoms with Crippen LogP contribution in [-0.4, -0.2) is 37.4 Å². The third-order valence-electron chi connectivity index (χ3n) is 4.62. The van der Waals surface area contributed by atoms with Crippen LogP contribution < -0.4 is 15.2 Å². The van der Waals surface area contributed by atoms with Gasteiger partial charge in [0, 0.05) is 18.3 Å². The number of halogens is 1. The molecule has 3 rings (SSSR count). The average Bonchev–Trinajstić information content (AvgIpc) is 3.19. The van der Waals surface area contributed by atoms with Gasteiger partial charge in [-0.15, -0.1) is 12.4 Å². The van der Waals surface area contributed by atoms with E-state index in [0.717, 1.165) is 18.4 Å². The zero-order valence-electron chi connectivity index (χ0n) is 16.1. The Hall–Kier alpha value is -2.73. The highest BCUT2D eigenvalue weighted by atomic mass is 35.5. The van der Waals surface area contributed by atoms with E-state index < -0.39 is 0 Å². The Morgan fingerprint density at radius 3 is 2.46 bits per heavy atom. The van der Waals surface area contributed by atoms with Crippen molar-refractivity contribution in [3.8, 4) is 11.5 Å². The summed E-state index contributed by atoms with van der Waals surface area (Å²) in [5.74, 6) is 1.20. The number of hydrogen-bond acceptors (Lipinski definition) is 5. The summed E-state index contributed by atoms with van der Waals surface area (Å²) in [7, 11) is 3.25. The smallest absolute Gasteiger partial charge is 0.273 e. The molecule has 0 saturated heterocycles. The van der Waals surface area contributed by atoms with Crippen molar-refractivity contribution in [1.82, 2.24) is 5.01 Å². The molecule has 1 fully saturated rings. The molecule has 0 spiro atoms. The molecule has 6 nitrogen and oxygen atoms in total. The minimum Gasteiger partial charge on any atom is -0.493 e. The lowest BCUT2D eigenvalue weighted by atomic mass is 10.2. The van der Waals surface area contributed by atoms with E-state index in [4.69, 9.17) is 15.2 Å². The number of carbonyl (C=O) groups excluding carboxylic acids is 1. The molecule has 2 aromatic rings. The van der Waals surface area contributed by atoms with Crippen molar-refractivity contribution < 1.29 is 14.3 Å². The van der Waals surface area contributed by atoms with Gasteiger partial charge in [0.05, 0.1) is 19.4 Å². The second-order valence-electron chi connectivity index (χ2n) is 6.63. The third-order valence-corrected chi connectivity index (χ3v) is 4.62. The van der Waals surface area contributed by atoms with E-state index in [1.807, 2.05) is 18.2 Å². The van der Waals surface area contributed by atoms with Crippen LogP contribution >= 0.6 is 12.4 Å². The first kappa shape index (κ1) is 21.6.